The Kier molecular flexibility index (Phi) is 11.4. The number of fused-ring (bicyclic) bond motifs is 1. The van der Waals surface area contributed by atoms with Gasteiger partial charge in [0.05, 0.1) is 11.7 Å². The van der Waals surface area contributed by atoms with Gasteiger partial charge < -0.3 is 24.6 Å². The third-order valence-corrected chi connectivity index (χ3v) is 12.7. The monoisotopic (exact) mass is 849 g/mol. The number of nitrogens with one attached hydrogen (secondary N) is 3. The molecule has 3 saturated heterocycles. The van der Waals surface area contributed by atoms with Gasteiger partial charge in [-0.3, -0.25) is 24.7 Å². The number of H-pyrrole nitrogens is 1. The summed E-state index contributed by atoms with van der Waals surface area (Å²) in [5.74, 6) is 0.525. The number of aromatic amines is 1. The fourth-order valence-electron chi connectivity index (χ4n) is 9.03. The summed E-state index contributed by atoms with van der Waals surface area (Å²) in [6.07, 6.45) is 4.25. The van der Waals surface area contributed by atoms with E-state index in [1.165, 1.54) is 11.4 Å². The largest absolute Gasteiger partial charge is 0.372 e. The molecule has 0 radical (unpaired) electrons. The number of anilines is 3. The number of urea groups is 1. The van der Waals surface area contributed by atoms with Crippen molar-refractivity contribution in [3.8, 4) is 22.5 Å². The molecular weight excluding hydrogens is 795 g/mol. The van der Waals surface area contributed by atoms with Gasteiger partial charge in [-0.1, -0.05) is 50.2 Å². The molecule has 1 atom stereocenters. The van der Waals surface area contributed by atoms with Crippen LogP contribution in [0, 0.1) is 12.8 Å². The van der Waals surface area contributed by atoms with Crippen LogP contribution in [0.2, 0.25) is 0 Å². The maximum absolute atomic E-state index is 13.0. The Morgan fingerprint density at radius 3 is 2.17 bits per heavy atom. The molecule has 1 unspecified atom stereocenters. The van der Waals surface area contributed by atoms with E-state index in [1.54, 1.807) is 11.2 Å². The normalized spacial score (nSPS) is 17.3. The van der Waals surface area contributed by atoms with Crippen LogP contribution in [-0.2, 0) is 10.2 Å². The summed E-state index contributed by atoms with van der Waals surface area (Å²) in [4.78, 5) is 63.0. The number of benzene rings is 3. The molecule has 9 rings (SSSR count). The number of hydrogen-bond donors (Lipinski definition) is 3. The number of rotatable bonds is 10. The number of nitrogens with zero attached hydrogens (tertiary/aromatic N) is 8. The summed E-state index contributed by atoms with van der Waals surface area (Å²) in [6.45, 7) is 17.6. The lowest BCUT2D eigenvalue weighted by Crippen LogP contribution is -2.49. The summed E-state index contributed by atoms with van der Waals surface area (Å²) >= 11 is 0. The highest BCUT2D eigenvalue weighted by Crippen LogP contribution is 2.33. The molecule has 15 heteroatoms. The van der Waals surface area contributed by atoms with Gasteiger partial charge in [0, 0.05) is 97.9 Å². The molecule has 6 aromatic rings. The molecule has 3 aromatic carbocycles. The Balaban J connectivity index is 0.768. The summed E-state index contributed by atoms with van der Waals surface area (Å²) in [5.41, 5.74) is 9.55. The quantitative estimate of drug-likeness (QED) is 0.127. The molecule has 0 bridgehead atoms. The zero-order valence-corrected chi connectivity index (χ0v) is 36.6. The van der Waals surface area contributed by atoms with Gasteiger partial charge in [-0.25, -0.2) is 14.8 Å². The molecule has 6 heterocycles. The first-order valence-electron chi connectivity index (χ1n) is 22.0. The van der Waals surface area contributed by atoms with Crippen molar-refractivity contribution in [3.63, 3.8) is 0 Å². The van der Waals surface area contributed by atoms with E-state index in [-0.39, 0.29) is 35.1 Å². The van der Waals surface area contributed by atoms with Gasteiger partial charge in [0.25, 0.3) is 11.7 Å². The molecule has 3 fully saturated rings. The van der Waals surface area contributed by atoms with Crippen molar-refractivity contribution in [1.82, 2.24) is 40.6 Å². The van der Waals surface area contributed by atoms with Crippen LogP contribution in [0.4, 0.5) is 21.9 Å². The van der Waals surface area contributed by atoms with Crippen LogP contribution >= 0.6 is 0 Å². The molecule has 0 aliphatic carbocycles. The van der Waals surface area contributed by atoms with Crippen LogP contribution in [0.25, 0.3) is 33.5 Å². The van der Waals surface area contributed by atoms with Crippen LogP contribution < -0.4 is 25.3 Å². The first-order chi connectivity index (χ1) is 30.4. The molecule has 4 amide bonds. The highest BCUT2D eigenvalue weighted by atomic mass is 16.5. The lowest BCUT2D eigenvalue weighted by molar-refractivity contribution is -0.120. The number of aryl methyl sites for hydroxylation is 1. The van der Waals surface area contributed by atoms with Gasteiger partial charge in [-0.05, 0) is 97.8 Å². The van der Waals surface area contributed by atoms with E-state index in [0.29, 0.717) is 24.8 Å². The number of piperidine rings is 1. The van der Waals surface area contributed by atoms with E-state index in [4.69, 9.17) is 9.51 Å². The first-order valence-corrected chi connectivity index (χ1v) is 22.0. The number of hydrogen-bond acceptors (Lipinski definition) is 11. The second kappa shape index (κ2) is 17.3. The maximum Gasteiger partial charge on any atom is 0.328 e. The summed E-state index contributed by atoms with van der Waals surface area (Å²) in [5, 5.41) is 10.2. The number of amides is 4. The summed E-state index contributed by atoms with van der Waals surface area (Å²) in [7, 11) is 0. The maximum atomic E-state index is 13.0. The third-order valence-electron chi connectivity index (χ3n) is 12.7. The average molecular weight is 850 g/mol. The molecule has 63 heavy (non-hydrogen) atoms. The van der Waals surface area contributed by atoms with E-state index in [1.807, 2.05) is 58.9 Å². The molecule has 3 N–H and O–H groups in total. The van der Waals surface area contributed by atoms with E-state index in [9.17, 15) is 14.4 Å². The summed E-state index contributed by atoms with van der Waals surface area (Å²) < 4.78 is 5.32. The van der Waals surface area contributed by atoms with Crippen molar-refractivity contribution in [2.24, 2.45) is 5.92 Å². The van der Waals surface area contributed by atoms with Crippen molar-refractivity contribution in [2.75, 3.05) is 67.1 Å². The van der Waals surface area contributed by atoms with Gasteiger partial charge in [0.1, 0.15) is 12.0 Å². The van der Waals surface area contributed by atoms with Crippen molar-refractivity contribution in [3.05, 3.63) is 102 Å². The van der Waals surface area contributed by atoms with Crippen molar-refractivity contribution < 1.29 is 18.9 Å². The van der Waals surface area contributed by atoms with Gasteiger partial charge in [0.15, 0.2) is 0 Å². The topological polar surface area (TPSA) is 169 Å². The van der Waals surface area contributed by atoms with E-state index in [2.05, 4.69) is 94.0 Å². The number of carbonyl (C=O) groups excluding carboxylic acids is 3. The number of piperazine rings is 1. The van der Waals surface area contributed by atoms with Crippen molar-refractivity contribution >= 4 is 45.9 Å². The second-order valence-electron chi connectivity index (χ2n) is 18.1. The Morgan fingerprint density at radius 1 is 0.841 bits per heavy atom. The van der Waals surface area contributed by atoms with Crippen molar-refractivity contribution in [1.29, 1.82) is 0 Å². The minimum atomic E-state index is -0.382. The molecule has 0 spiro atoms. The fraction of sp³-hybridized carbons (Fsp3) is 0.396. The smallest absolute Gasteiger partial charge is 0.328 e. The average Bonchev–Trinajstić information content (AvgIpc) is 3.97. The molecule has 326 valence electrons. The molecule has 15 nitrogen and oxygen atoms in total. The first kappa shape index (κ1) is 41.7. The Hall–Kier alpha value is -6.61. The lowest BCUT2D eigenvalue weighted by atomic mass is 9.95. The SMILES string of the molecule is Cc1cc(-c2ncnc3[nH]c(-c4ccc(N5CCN(CC6CCN(c7ccc(N8CCC(=O)NC8=O)cc7)CC6)CC5)cc4)cc23)ccc1C(C)NC(=O)c1noc(C(C)(C)C)n1. The standard InChI is InChI=1S/C48H55N11O4/c1-30-26-34(8-15-38(30)31(2)51-45(61)44-54-46(63-55-44)48(3,4)5)42-39-27-40(52-43(39)50-29-49-42)33-6-9-35(10-7-33)58-24-22-56(23-25-58)28-32-16-19-57(20-17-32)36-11-13-37(14-12-36)59-21-18-41(60)53-47(59)62/h6-15,26-27,29,31-32H,16-25,28H2,1-5H3,(H,51,61)(H,49,50,52)(H,53,60,62). The zero-order chi connectivity index (χ0) is 43.8. The van der Waals surface area contributed by atoms with Crippen LogP contribution in [-0.4, -0.2) is 100 Å². The molecule has 0 saturated carbocycles. The second-order valence-corrected chi connectivity index (χ2v) is 18.1. The Morgan fingerprint density at radius 2 is 1.51 bits per heavy atom. The molecule has 3 aromatic heterocycles. The van der Waals surface area contributed by atoms with Gasteiger partial charge in [-0.15, -0.1) is 0 Å². The van der Waals surface area contributed by atoms with Gasteiger partial charge in [0.2, 0.25) is 11.8 Å². The number of aromatic nitrogens is 5. The fourth-order valence-corrected chi connectivity index (χ4v) is 9.03. The van der Waals surface area contributed by atoms with Gasteiger partial charge >= 0.3 is 6.03 Å². The van der Waals surface area contributed by atoms with E-state index in [0.717, 1.165) is 109 Å². The van der Waals surface area contributed by atoms with E-state index >= 15 is 0 Å². The third kappa shape index (κ3) is 9.01. The predicted octanol–water partition coefficient (Wildman–Crippen LogP) is 7.26. The molecule has 3 aliphatic rings. The Labute approximate surface area is 367 Å². The predicted molar refractivity (Wildman–Crippen MR) is 244 cm³/mol. The zero-order valence-electron chi connectivity index (χ0n) is 36.6. The lowest BCUT2D eigenvalue weighted by Gasteiger charge is -2.40. The Bertz CT molecular complexity index is 2620. The molecular formula is C48H55N11O4. The van der Waals surface area contributed by atoms with Gasteiger partial charge in [-0.2, -0.15) is 4.98 Å². The van der Waals surface area contributed by atoms with E-state index < -0.39 is 0 Å². The van der Waals surface area contributed by atoms with Crippen LogP contribution in [0.1, 0.15) is 80.6 Å². The van der Waals surface area contributed by atoms with Crippen LogP contribution in [0.3, 0.4) is 0 Å². The number of imide groups is 1. The minimum absolute atomic E-state index is 0.0240. The summed E-state index contributed by atoms with van der Waals surface area (Å²) in [6, 6.07) is 24.6. The van der Waals surface area contributed by atoms with Crippen LogP contribution in [0.15, 0.2) is 83.6 Å². The van der Waals surface area contributed by atoms with Crippen LogP contribution in [0.5, 0.6) is 0 Å². The molecule has 3 aliphatic heterocycles. The highest BCUT2D eigenvalue weighted by Gasteiger charge is 2.28. The van der Waals surface area contributed by atoms with Crippen molar-refractivity contribution in [2.45, 2.75) is 65.3 Å². The highest BCUT2D eigenvalue weighted by molar-refractivity contribution is 6.05. The number of carbonyl (C=O) groups is 3. The minimum Gasteiger partial charge on any atom is -0.372 e.